The molecule has 9 nitrogen and oxygen atoms in total. The molecule has 1 aromatic heterocycles. The van der Waals surface area contributed by atoms with E-state index in [1.165, 1.54) is 11.0 Å². The van der Waals surface area contributed by atoms with E-state index in [1.54, 1.807) is 29.2 Å². The number of benzene rings is 1. The van der Waals surface area contributed by atoms with Crippen molar-refractivity contribution in [3.63, 3.8) is 0 Å². The molecule has 4 heterocycles. The predicted octanol–water partition coefficient (Wildman–Crippen LogP) is 1.79. The van der Waals surface area contributed by atoms with E-state index >= 15 is 0 Å². The van der Waals surface area contributed by atoms with Gasteiger partial charge >= 0.3 is 6.09 Å². The molecule has 3 aliphatic heterocycles. The van der Waals surface area contributed by atoms with E-state index in [4.69, 9.17) is 14.2 Å². The minimum atomic E-state index is -0.495. The van der Waals surface area contributed by atoms with Crippen molar-refractivity contribution < 1.29 is 23.4 Å². The van der Waals surface area contributed by atoms with Crippen LogP contribution in [-0.2, 0) is 20.8 Å². The maximum absolute atomic E-state index is 14.9. The number of carbonyl (C=O) groups is 1. The van der Waals surface area contributed by atoms with Gasteiger partial charge in [-0.25, -0.2) is 13.9 Å². The summed E-state index contributed by atoms with van der Waals surface area (Å²) in [5.74, 6) is -0.857. The summed E-state index contributed by atoms with van der Waals surface area (Å²) >= 11 is 0. The molecule has 3 fully saturated rings. The summed E-state index contributed by atoms with van der Waals surface area (Å²) in [6, 6.07) is 4.86. The maximum atomic E-state index is 14.9. The van der Waals surface area contributed by atoms with Gasteiger partial charge in [0, 0.05) is 32.1 Å². The number of rotatable bonds is 4. The highest BCUT2D eigenvalue weighted by Crippen LogP contribution is 2.35. The lowest BCUT2D eigenvalue weighted by Gasteiger charge is -2.38. The highest BCUT2D eigenvalue weighted by Gasteiger charge is 2.40. The van der Waals surface area contributed by atoms with Gasteiger partial charge in [-0.2, -0.15) is 0 Å². The molecule has 2 aromatic rings. The molecule has 3 aliphatic rings. The number of piperidine rings is 1. The van der Waals surface area contributed by atoms with Crippen LogP contribution in [0, 0.1) is 5.82 Å². The average molecular weight is 403 g/mol. The van der Waals surface area contributed by atoms with E-state index in [1.807, 2.05) is 4.90 Å². The SMILES string of the molecule is O=C1O[C@@H](Cn2ccnn2)CN1c1ccc(N2CCC3(CC2)OCCO3)c(F)c1. The fraction of sp³-hybridized carbons (Fsp3) is 0.526. The summed E-state index contributed by atoms with van der Waals surface area (Å²) in [7, 11) is 0. The normalized spacial score (nSPS) is 23.8. The number of hydrogen-bond acceptors (Lipinski definition) is 7. The van der Waals surface area contributed by atoms with Gasteiger partial charge in [-0.15, -0.1) is 5.10 Å². The Balaban J connectivity index is 1.25. The number of ether oxygens (including phenoxy) is 3. The first-order valence-electron chi connectivity index (χ1n) is 9.77. The van der Waals surface area contributed by atoms with E-state index in [0.29, 0.717) is 63.6 Å². The molecule has 0 aliphatic carbocycles. The molecule has 0 saturated carbocycles. The standard InChI is InChI=1S/C19H22FN5O4/c20-16-11-14(25-13-15(29-18(25)26)12-24-8-5-21-22-24)1-2-17(16)23-6-3-19(4-7-23)27-9-10-28-19/h1-2,5,8,11,15H,3-4,6-7,9-10,12-13H2/t15-/m0/s1. The molecule has 154 valence electrons. The molecular weight excluding hydrogens is 381 g/mol. The molecule has 3 saturated heterocycles. The molecule has 5 rings (SSSR count). The Bertz CT molecular complexity index is 877. The molecule has 29 heavy (non-hydrogen) atoms. The molecule has 0 radical (unpaired) electrons. The summed E-state index contributed by atoms with van der Waals surface area (Å²) in [5.41, 5.74) is 1.00. The molecule has 0 N–H and O–H groups in total. The molecule has 1 atom stereocenters. The molecule has 1 amide bonds. The van der Waals surface area contributed by atoms with Crippen LogP contribution >= 0.6 is 0 Å². The van der Waals surface area contributed by atoms with Gasteiger partial charge in [0.15, 0.2) is 5.79 Å². The van der Waals surface area contributed by atoms with Crippen molar-refractivity contribution in [1.29, 1.82) is 0 Å². The van der Waals surface area contributed by atoms with Gasteiger partial charge in [-0.05, 0) is 18.2 Å². The van der Waals surface area contributed by atoms with E-state index in [-0.39, 0.29) is 11.9 Å². The van der Waals surface area contributed by atoms with Crippen LogP contribution < -0.4 is 9.80 Å². The average Bonchev–Trinajstić information content (AvgIpc) is 3.46. The van der Waals surface area contributed by atoms with Crippen LogP contribution in [0.4, 0.5) is 20.6 Å². The van der Waals surface area contributed by atoms with Crippen molar-refractivity contribution in [1.82, 2.24) is 15.0 Å². The lowest BCUT2D eigenvalue weighted by atomic mass is 10.0. The Labute approximate surface area is 166 Å². The summed E-state index contributed by atoms with van der Waals surface area (Å²) in [6.45, 7) is 3.28. The minimum absolute atomic E-state index is 0.332. The number of nitrogens with zero attached hydrogens (tertiary/aromatic N) is 5. The first kappa shape index (κ1) is 18.3. The molecular formula is C19H22FN5O4. The molecule has 0 bridgehead atoms. The first-order valence-corrected chi connectivity index (χ1v) is 9.77. The van der Waals surface area contributed by atoms with Crippen molar-refractivity contribution >= 4 is 17.5 Å². The van der Waals surface area contributed by atoms with Crippen LogP contribution in [0.15, 0.2) is 30.6 Å². The Kier molecular flexibility index (Phi) is 4.59. The lowest BCUT2D eigenvalue weighted by molar-refractivity contribution is -0.169. The van der Waals surface area contributed by atoms with E-state index in [9.17, 15) is 9.18 Å². The number of amides is 1. The van der Waals surface area contributed by atoms with E-state index < -0.39 is 11.9 Å². The van der Waals surface area contributed by atoms with Gasteiger partial charge in [0.05, 0.1) is 43.9 Å². The maximum Gasteiger partial charge on any atom is 0.414 e. The topological polar surface area (TPSA) is 82.0 Å². The third-order valence-corrected chi connectivity index (χ3v) is 5.66. The Morgan fingerprint density at radius 1 is 1.21 bits per heavy atom. The second-order valence-corrected chi connectivity index (χ2v) is 7.47. The number of cyclic esters (lactones) is 1. The number of carbonyl (C=O) groups excluding carboxylic acids is 1. The number of halogens is 1. The fourth-order valence-corrected chi connectivity index (χ4v) is 4.16. The minimum Gasteiger partial charge on any atom is -0.442 e. The third kappa shape index (κ3) is 3.53. The van der Waals surface area contributed by atoms with Gasteiger partial charge in [-0.1, -0.05) is 5.21 Å². The van der Waals surface area contributed by atoms with Crippen molar-refractivity contribution in [2.45, 2.75) is 31.3 Å². The van der Waals surface area contributed by atoms with E-state index in [2.05, 4.69) is 10.3 Å². The summed E-state index contributed by atoms with van der Waals surface area (Å²) in [5, 5.41) is 7.62. The van der Waals surface area contributed by atoms with E-state index in [0.717, 1.165) is 0 Å². The summed E-state index contributed by atoms with van der Waals surface area (Å²) < 4.78 is 33.3. The summed E-state index contributed by atoms with van der Waals surface area (Å²) in [6.07, 6.45) is 3.83. The van der Waals surface area contributed by atoms with Gasteiger partial charge in [0.1, 0.15) is 11.9 Å². The van der Waals surface area contributed by atoms with Crippen LogP contribution in [0.25, 0.3) is 0 Å². The zero-order chi connectivity index (χ0) is 19.8. The molecule has 10 heteroatoms. The summed E-state index contributed by atoms with van der Waals surface area (Å²) in [4.78, 5) is 15.7. The van der Waals surface area contributed by atoms with Crippen LogP contribution in [0.5, 0.6) is 0 Å². The first-order chi connectivity index (χ1) is 14.1. The van der Waals surface area contributed by atoms with Crippen LogP contribution in [0.1, 0.15) is 12.8 Å². The highest BCUT2D eigenvalue weighted by molar-refractivity contribution is 5.90. The Morgan fingerprint density at radius 2 is 2.00 bits per heavy atom. The lowest BCUT2D eigenvalue weighted by Crippen LogP contribution is -2.45. The second-order valence-electron chi connectivity index (χ2n) is 7.47. The fourth-order valence-electron chi connectivity index (χ4n) is 4.16. The highest BCUT2D eigenvalue weighted by atomic mass is 19.1. The predicted molar refractivity (Wildman–Crippen MR) is 100 cm³/mol. The third-order valence-electron chi connectivity index (χ3n) is 5.66. The number of aromatic nitrogens is 3. The van der Waals surface area contributed by atoms with Gasteiger partial charge < -0.3 is 19.1 Å². The molecule has 1 spiro atoms. The van der Waals surface area contributed by atoms with Crippen molar-refractivity contribution in [3.05, 3.63) is 36.4 Å². The van der Waals surface area contributed by atoms with Crippen molar-refractivity contribution in [2.24, 2.45) is 0 Å². The smallest absolute Gasteiger partial charge is 0.414 e. The quantitative estimate of drug-likeness (QED) is 0.770. The number of anilines is 2. The monoisotopic (exact) mass is 403 g/mol. The second kappa shape index (κ2) is 7.27. The number of hydrogen-bond donors (Lipinski definition) is 0. The van der Waals surface area contributed by atoms with Crippen LogP contribution in [0.3, 0.4) is 0 Å². The molecule has 1 aromatic carbocycles. The zero-order valence-electron chi connectivity index (χ0n) is 15.9. The Hall–Kier alpha value is -2.72. The van der Waals surface area contributed by atoms with Gasteiger partial charge in [-0.3, -0.25) is 4.90 Å². The van der Waals surface area contributed by atoms with Gasteiger partial charge in [0.25, 0.3) is 0 Å². The Morgan fingerprint density at radius 3 is 2.69 bits per heavy atom. The van der Waals surface area contributed by atoms with Crippen molar-refractivity contribution in [3.8, 4) is 0 Å². The zero-order valence-corrected chi connectivity index (χ0v) is 15.9. The largest absolute Gasteiger partial charge is 0.442 e. The van der Waals surface area contributed by atoms with Gasteiger partial charge in [0.2, 0.25) is 0 Å². The van der Waals surface area contributed by atoms with Crippen molar-refractivity contribution in [2.75, 3.05) is 42.6 Å². The van der Waals surface area contributed by atoms with Crippen LogP contribution in [-0.4, -0.2) is 65.8 Å². The molecule has 0 unspecified atom stereocenters. The van der Waals surface area contributed by atoms with Crippen LogP contribution in [0.2, 0.25) is 0 Å².